The van der Waals surface area contributed by atoms with Gasteiger partial charge in [0.25, 0.3) is 0 Å². The average molecular weight is 172 g/mol. The van der Waals surface area contributed by atoms with Gasteiger partial charge in [-0.25, -0.2) is 0 Å². The van der Waals surface area contributed by atoms with Crippen LogP contribution >= 0.6 is 0 Å². The van der Waals surface area contributed by atoms with E-state index in [-0.39, 0.29) is 12.6 Å². The highest BCUT2D eigenvalue weighted by Gasteiger charge is 2.27. The number of rotatable bonds is 2. The second-order valence-electron chi connectivity index (χ2n) is 3.43. The van der Waals surface area contributed by atoms with Gasteiger partial charge in [0, 0.05) is 19.1 Å². The molecule has 0 aromatic heterocycles. The average Bonchev–Trinajstić information content (AvgIpc) is 2.09. The van der Waals surface area contributed by atoms with E-state index in [4.69, 9.17) is 5.11 Å². The zero-order valence-corrected chi connectivity index (χ0v) is 7.60. The zero-order chi connectivity index (χ0) is 9.14. The van der Waals surface area contributed by atoms with Crippen LogP contribution in [0.15, 0.2) is 0 Å². The fraction of sp³-hybridized carbons (Fsp3) is 0.875. The number of hydrogen-bond donors (Lipinski definition) is 1. The lowest BCUT2D eigenvalue weighted by atomic mass is 10.1. The van der Waals surface area contributed by atoms with Crippen molar-refractivity contribution < 1.29 is 9.90 Å². The Balaban J connectivity index is 2.57. The lowest BCUT2D eigenvalue weighted by molar-refractivity contribution is -0.124. The number of carbonyl (C=O) groups excluding carboxylic acids is 1. The van der Waals surface area contributed by atoms with E-state index in [1.165, 1.54) is 0 Å². The Morgan fingerprint density at radius 1 is 1.58 bits per heavy atom. The predicted molar refractivity (Wildman–Crippen MR) is 45.7 cm³/mol. The topological polar surface area (TPSA) is 43.8 Å². The van der Waals surface area contributed by atoms with E-state index in [9.17, 15) is 4.79 Å². The number of hydrogen-bond acceptors (Lipinski definition) is 3. The smallest absolute Gasteiger partial charge is 0.210 e. The zero-order valence-electron chi connectivity index (χ0n) is 7.60. The highest BCUT2D eigenvalue weighted by Crippen LogP contribution is 2.10. The lowest BCUT2D eigenvalue weighted by Crippen LogP contribution is -2.56. The van der Waals surface area contributed by atoms with Crippen LogP contribution in [0.2, 0.25) is 0 Å². The largest absolute Gasteiger partial charge is 0.394 e. The molecule has 0 aromatic carbocycles. The molecule has 1 rings (SSSR count). The molecular formula is C8H16N2O2. The number of carbonyl (C=O) groups is 1. The third kappa shape index (κ3) is 1.76. The standard InChI is InChI=1S/C8H16N2O2/c1-7-3-10(6-12)8(5-11)4-9(7)2/h6-8,11H,3-5H2,1-2H3/t7-,8-/m0/s1. The molecule has 0 aromatic rings. The van der Waals surface area contributed by atoms with Crippen LogP contribution < -0.4 is 0 Å². The maximum absolute atomic E-state index is 10.6. The second-order valence-corrected chi connectivity index (χ2v) is 3.43. The molecule has 4 nitrogen and oxygen atoms in total. The van der Waals surface area contributed by atoms with Gasteiger partial charge >= 0.3 is 0 Å². The highest BCUT2D eigenvalue weighted by molar-refractivity contribution is 5.48. The van der Waals surface area contributed by atoms with Crippen molar-refractivity contribution in [3.8, 4) is 0 Å². The fourth-order valence-electron chi connectivity index (χ4n) is 1.50. The normalized spacial score (nSPS) is 32.1. The van der Waals surface area contributed by atoms with Crippen LogP contribution in [0.5, 0.6) is 0 Å². The molecule has 0 aliphatic carbocycles. The summed E-state index contributed by atoms with van der Waals surface area (Å²) in [4.78, 5) is 14.4. The lowest BCUT2D eigenvalue weighted by Gasteiger charge is -2.41. The van der Waals surface area contributed by atoms with Gasteiger partial charge in [0.05, 0.1) is 12.6 Å². The molecular weight excluding hydrogens is 156 g/mol. The Kier molecular flexibility index (Phi) is 3.05. The van der Waals surface area contributed by atoms with Crippen molar-refractivity contribution in [1.29, 1.82) is 0 Å². The minimum atomic E-state index is -0.0244. The van der Waals surface area contributed by atoms with Gasteiger partial charge in [-0.1, -0.05) is 0 Å². The minimum absolute atomic E-state index is 0.0244. The molecule has 1 N–H and O–H groups in total. The van der Waals surface area contributed by atoms with Crippen molar-refractivity contribution in [1.82, 2.24) is 9.80 Å². The van der Waals surface area contributed by atoms with E-state index in [2.05, 4.69) is 11.8 Å². The van der Waals surface area contributed by atoms with Crippen molar-refractivity contribution in [3.63, 3.8) is 0 Å². The third-order valence-corrected chi connectivity index (χ3v) is 2.54. The minimum Gasteiger partial charge on any atom is -0.394 e. The number of aliphatic hydroxyl groups excluding tert-OH is 1. The fourth-order valence-corrected chi connectivity index (χ4v) is 1.50. The van der Waals surface area contributed by atoms with Gasteiger partial charge in [0.1, 0.15) is 0 Å². The summed E-state index contributed by atoms with van der Waals surface area (Å²) in [6, 6.07) is 0.363. The summed E-state index contributed by atoms with van der Waals surface area (Å²) in [5.41, 5.74) is 0. The summed E-state index contributed by atoms with van der Waals surface area (Å²) in [6.07, 6.45) is 0.824. The molecule has 2 atom stereocenters. The Labute approximate surface area is 72.8 Å². The van der Waals surface area contributed by atoms with Crippen LogP contribution in [0, 0.1) is 0 Å². The maximum atomic E-state index is 10.6. The van der Waals surface area contributed by atoms with Crippen LogP contribution in [0.1, 0.15) is 6.92 Å². The molecule has 1 saturated heterocycles. The number of piperazine rings is 1. The van der Waals surface area contributed by atoms with Crippen molar-refractivity contribution in [2.45, 2.75) is 19.0 Å². The predicted octanol–water partition coefficient (Wildman–Crippen LogP) is -0.860. The van der Waals surface area contributed by atoms with Crippen LogP contribution in [0.4, 0.5) is 0 Å². The maximum Gasteiger partial charge on any atom is 0.210 e. The molecule has 0 saturated carbocycles. The summed E-state index contributed by atoms with van der Waals surface area (Å²) in [5.74, 6) is 0. The quantitative estimate of drug-likeness (QED) is 0.551. The van der Waals surface area contributed by atoms with Gasteiger partial charge in [0.15, 0.2) is 0 Å². The van der Waals surface area contributed by atoms with Gasteiger partial charge in [-0.15, -0.1) is 0 Å². The summed E-state index contributed by atoms with van der Waals surface area (Å²) < 4.78 is 0. The van der Waals surface area contributed by atoms with Crippen molar-refractivity contribution in [2.75, 3.05) is 26.7 Å². The SMILES string of the molecule is C[C@H]1CN(C=O)[C@H](CO)CN1C. The van der Waals surface area contributed by atoms with Gasteiger partial charge in [0.2, 0.25) is 6.41 Å². The van der Waals surface area contributed by atoms with Gasteiger partial charge < -0.3 is 10.0 Å². The number of amides is 1. The van der Waals surface area contributed by atoms with E-state index < -0.39 is 0 Å². The van der Waals surface area contributed by atoms with Gasteiger partial charge in [-0.05, 0) is 14.0 Å². The molecule has 12 heavy (non-hydrogen) atoms. The molecule has 1 aliphatic rings. The highest BCUT2D eigenvalue weighted by atomic mass is 16.3. The molecule has 0 spiro atoms. The van der Waals surface area contributed by atoms with Crippen LogP contribution in [-0.2, 0) is 4.79 Å². The molecule has 0 radical (unpaired) electrons. The van der Waals surface area contributed by atoms with Gasteiger partial charge in [-0.2, -0.15) is 0 Å². The third-order valence-electron chi connectivity index (χ3n) is 2.54. The first-order valence-electron chi connectivity index (χ1n) is 4.21. The Morgan fingerprint density at radius 2 is 2.25 bits per heavy atom. The van der Waals surface area contributed by atoms with E-state index in [1.807, 2.05) is 7.05 Å². The Hall–Kier alpha value is -0.610. The number of likely N-dealkylation sites (N-methyl/N-ethyl adjacent to an activating group) is 1. The first-order valence-corrected chi connectivity index (χ1v) is 4.21. The van der Waals surface area contributed by atoms with Crippen LogP contribution in [0.3, 0.4) is 0 Å². The molecule has 0 unspecified atom stereocenters. The second kappa shape index (κ2) is 3.87. The molecule has 70 valence electrons. The monoisotopic (exact) mass is 172 g/mol. The molecule has 1 heterocycles. The summed E-state index contributed by atoms with van der Waals surface area (Å²) in [6.45, 7) is 3.60. The van der Waals surface area contributed by atoms with Crippen LogP contribution in [0.25, 0.3) is 0 Å². The molecule has 1 fully saturated rings. The molecule has 1 amide bonds. The molecule has 4 heteroatoms. The summed E-state index contributed by atoms with van der Waals surface area (Å²) in [5, 5.41) is 8.97. The molecule has 1 aliphatic heterocycles. The van der Waals surface area contributed by atoms with Crippen LogP contribution in [-0.4, -0.2) is 60.1 Å². The molecule has 0 bridgehead atoms. The number of nitrogens with zero attached hydrogens (tertiary/aromatic N) is 2. The van der Waals surface area contributed by atoms with E-state index in [0.29, 0.717) is 12.6 Å². The van der Waals surface area contributed by atoms with Crippen molar-refractivity contribution in [3.05, 3.63) is 0 Å². The summed E-state index contributed by atoms with van der Waals surface area (Å²) in [7, 11) is 2.01. The van der Waals surface area contributed by atoms with E-state index >= 15 is 0 Å². The summed E-state index contributed by atoms with van der Waals surface area (Å²) >= 11 is 0. The van der Waals surface area contributed by atoms with E-state index in [1.54, 1.807) is 4.90 Å². The van der Waals surface area contributed by atoms with Gasteiger partial charge in [-0.3, -0.25) is 9.69 Å². The van der Waals surface area contributed by atoms with E-state index in [0.717, 1.165) is 13.0 Å². The Morgan fingerprint density at radius 3 is 2.75 bits per heavy atom. The first-order chi connectivity index (χ1) is 5.69. The Bertz CT molecular complexity index is 163. The first kappa shape index (κ1) is 9.48. The van der Waals surface area contributed by atoms with Crippen molar-refractivity contribution >= 4 is 6.41 Å². The number of aliphatic hydroxyl groups is 1. The van der Waals surface area contributed by atoms with Crippen molar-refractivity contribution in [2.24, 2.45) is 0 Å².